The van der Waals surface area contributed by atoms with Gasteiger partial charge >= 0.3 is 0 Å². The number of aromatic nitrogens is 2. The van der Waals surface area contributed by atoms with Crippen molar-refractivity contribution in [2.75, 3.05) is 51.9 Å². The first-order valence-corrected chi connectivity index (χ1v) is 12.1. The van der Waals surface area contributed by atoms with Crippen molar-refractivity contribution in [1.82, 2.24) is 14.9 Å². The number of ether oxygens (including phenoxy) is 4. The summed E-state index contributed by atoms with van der Waals surface area (Å²) in [5.41, 5.74) is 1.31. The highest BCUT2D eigenvalue weighted by Gasteiger charge is 2.16. The Hall–Kier alpha value is -3.53. The van der Waals surface area contributed by atoms with Crippen molar-refractivity contribution in [1.29, 1.82) is 0 Å². The van der Waals surface area contributed by atoms with Crippen LogP contribution in [0.25, 0.3) is 10.9 Å². The SMILES string of the molecule is COc1ccc(Cl)c(Nc2ncnc3cc(OCCCN4CCOCC4)cc(Oc4ccoc4)c23)c1. The van der Waals surface area contributed by atoms with E-state index in [-0.39, 0.29) is 0 Å². The quantitative estimate of drug-likeness (QED) is 0.277. The normalized spacial score (nSPS) is 14.1. The summed E-state index contributed by atoms with van der Waals surface area (Å²) in [7, 11) is 1.60. The van der Waals surface area contributed by atoms with Crippen LogP contribution in [-0.2, 0) is 4.74 Å². The lowest BCUT2D eigenvalue weighted by molar-refractivity contribution is 0.0358. The van der Waals surface area contributed by atoms with E-state index in [0.717, 1.165) is 39.3 Å². The van der Waals surface area contributed by atoms with Crippen molar-refractivity contribution in [3.63, 3.8) is 0 Å². The molecule has 2 aromatic heterocycles. The first-order valence-electron chi connectivity index (χ1n) is 11.7. The topological polar surface area (TPSA) is 91.1 Å². The molecule has 0 amide bonds. The van der Waals surface area contributed by atoms with Gasteiger partial charge < -0.3 is 28.7 Å². The van der Waals surface area contributed by atoms with Gasteiger partial charge in [-0.05, 0) is 18.6 Å². The number of methoxy groups -OCH3 is 1. The van der Waals surface area contributed by atoms with Crippen LogP contribution in [0.4, 0.5) is 11.5 Å². The molecule has 0 saturated carbocycles. The summed E-state index contributed by atoms with van der Waals surface area (Å²) in [5.74, 6) is 2.94. The summed E-state index contributed by atoms with van der Waals surface area (Å²) in [6.07, 6.45) is 5.47. The van der Waals surface area contributed by atoms with Crippen LogP contribution < -0.4 is 19.5 Å². The molecule has 9 nitrogen and oxygen atoms in total. The van der Waals surface area contributed by atoms with Crippen molar-refractivity contribution in [3.05, 3.63) is 60.3 Å². The minimum absolute atomic E-state index is 0.527. The van der Waals surface area contributed by atoms with E-state index < -0.39 is 0 Å². The summed E-state index contributed by atoms with van der Waals surface area (Å²) in [6, 6.07) is 10.8. The first kappa shape index (κ1) is 24.2. The summed E-state index contributed by atoms with van der Waals surface area (Å²) in [4.78, 5) is 11.3. The molecule has 0 atom stereocenters. The number of rotatable bonds is 10. The Bertz CT molecular complexity index is 1300. The molecule has 0 spiro atoms. The Morgan fingerprint density at radius 1 is 1.06 bits per heavy atom. The number of furan rings is 1. The molecule has 1 fully saturated rings. The van der Waals surface area contributed by atoms with Gasteiger partial charge in [0.2, 0.25) is 0 Å². The Balaban J connectivity index is 1.41. The molecule has 1 saturated heterocycles. The fourth-order valence-corrected chi connectivity index (χ4v) is 4.15. The Morgan fingerprint density at radius 2 is 1.94 bits per heavy atom. The molecule has 10 heteroatoms. The van der Waals surface area contributed by atoms with Gasteiger partial charge in [0.25, 0.3) is 0 Å². The third-order valence-electron chi connectivity index (χ3n) is 5.82. The van der Waals surface area contributed by atoms with Crippen molar-refractivity contribution in [2.45, 2.75) is 6.42 Å². The number of anilines is 2. The highest BCUT2D eigenvalue weighted by molar-refractivity contribution is 6.33. The maximum absolute atomic E-state index is 6.43. The van der Waals surface area contributed by atoms with Gasteiger partial charge in [-0.1, -0.05) is 11.6 Å². The number of halogens is 1. The zero-order valence-corrected chi connectivity index (χ0v) is 20.7. The highest BCUT2D eigenvalue weighted by Crippen LogP contribution is 2.39. The average molecular weight is 511 g/mol. The van der Waals surface area contributed by atoms with Gasteiger partial charge in [-0.2, -0.15) is 0 Å². The lowest BCUT2D eigenvalue weighted by atomic mass is 10.2. The maximum atomic E-state index is 6.43. The van der Waals surface area contributed by atoms with Crippen molar-refractivity contribution >= 4 is 34.0 Å². The Morgan fingerprint density at radius 3 is 2.75 bits per heavy atom. The van der Waals surface area contributed by atoms with Gasteiger partial charge in [-0.3, -0.25) is 4.90 Å². The van der Waals surface area contributed by atoms with Crippen molar-refractivity contribution < 1.29 is 23.4 Å². The van der Waals surface area contributed by atoms with Crippen molar-refractivity contribution in [2.24, 2.45) is 0 Å². The van der Waals surface area contributed by atoms with Gasteiger partial charge in [0.15, 0.2) is 5.75 Å². The third-order valence-corrected chi connectivity index (χ3v) is 6.15. The van der Waals surface area contributed by atoms with Gasteiger partial charge in [0, 0.05) is 43.9 Å². The second-order valence-electron chi connectivity index (χ2n) is 8.23. The summed E-state index contributed by atoms with van der Waals surface area (Å²) in [5, 5.41) is 4.50. The molecule has 5 rings (SSSR count). The molecule has 0 radical (unpaired) electrons. The molecular formula is C26H27ClN4O5. The molecule has 0 aliphatic carbocycles. The second-order valence-corrected chi connectivity index (χ2v) is 8.63. The molecular weight excluding hydrogens is 484 g/mol. The Kier molecular flexibility index (Phi) is 7.70. The largest absolute Gasteiger partial charge is 0.497 e. The van der Waals surface area contributed by atoms with E-state index in [0.29, 0.717) is 57.0 Å². The van der Waals surface area contributed by atoms with E-state index in [1.54, 1.807) is 37.6 Å². The third kappa shape index (κ3) is 5.81. The van der Waals surface area contributed by atoms with E-state index in [4.69, 9.17) is 35.0 Å². The number of fused-ring (bicyclic) bond motifs is 1. The lowest BCUT2D eigenvalue weighted by Gasteiger charge is -2.26. The van der Waals surface area contributed by atoms with Crippen molar-refractivity contribution in [3.8, 4) is 23.0 Å². The van der Waals surface area contributed by atoms with Crippen LogP contribution in [0.5, 0.6) is 23.0 Å². The molecule has 0 bridgehead atoms. The molecule has 1 aliphatic heterocycles. The zero-order chi connectivity index (χ0) is 24.7. The fourth-order valence-electron chi connectivity index (χ4n) is 3.98. The van der Waals surface area contributed by atoms with Gasteiger partial charge in [0.05, 0.1) is 54.8 Å². The Labute approximate surface area is 213 Å². The number of morpholine rings is 1. The summed E-state index contributed by atoms with van der Waals surface area (Å²) < 4.78 is 28.2. The maximum Gasteiger partial charge on any atom is 0.165 e. The molecule has 4 aromatic rings. The summed E-state index contributed by atoms with van der Waals surface area (Å²) in [6.45, 7) is 5.04. The van der Waals surface area contributed by atoms with Crippen LogP contribution in [0.2, 0.25) is 5.02 Å². The van der Waals surface area contributed by atoms with E-state index in [1.165, 1.54) is 12.6 Å². The van der Waals surface area contributed by atoms with Crippen LogP contribution in [0, 0.1) is 0 Å². The molecule has 3 heterocycles. The molecule has 1 N–H and O–H groups in total. The predicted octanol–water partition coefficient (Wildman–Crippen LogP) is 5.52. The van der Waals surface area contributed by atoms with E-state index in [1.807, 2.05) is 12.1 Å². The average Bonchev–Trinajstić information content (AvgIpc) is 3.41. The predicted molar refractivity (Wildman–Crippen MR) is 137 cm³/mol. The van der Waals surface area contributed by atoms with E-state index in [9.17, 15) is 0 Å². The number of nitrogens with one attached hydrogen (secondary N) is 1. The van der Waals surface area contributed by atoms with Gasteiger partial charge in [0.1, 0.15) is 35.7 Å². The smallest absolute Gasteiger partial charge is 0.165 e. The van der Waals surface area contributed by atoms with Gasteiger partial charge in [-0.15, -0.1) is 0 Å². The lowest BCUT2D eigenvalue weighted by Crippen LogP contribution is -2.37. The number of hydrogen-bond acceptors (Lipinski definition) is 9. The molecule has 188 valence electrons. The number of hydrogen-bond donors (Lipinski definition) is 1. The molecule has 36 heavy (non-hydrogen) atoms. The van der Waals surface area contributed by atoms with E-state index in [2.05, 4.69) is 20.2 Å². The van der Waals surface area contributed by atoms with Crippen LogP contribution in [-0.4, -0.2) is 61.4 Å². The number of nitrogens with zero attached hydrogens (tertiary/aromatic N) is 3. The van der Waals surface area contributed by atoms with Crippen LogP contribution in [0.3, 0.4) is 0 Å². The van der Waals surface area contributed by atoms with Crippen LogP contribution >= 0.6 is 11.6 Å². The molecule has 0 unspecified atom stereocenters. The minimum atomic E-state index is 0.527. The van der Waals surface area contributed by atoms with Crippen LogP contribution in [0.15, 0.2) is 59.7 Å². The molecule has 2 aromatic carbocycles. The minimum Gasteiger partial charge on any atom is -0.497 e. The standard InChI is InChI=1S/C26H27ClN4O5/c1-32-18-3-4-21(27)22(13-18)30-26-25-23(28-17-29-26)14-20(15-24(25)36-19-5-10-34-16-19)35-9-2-6-31-7-11-33-12-8-31/h3-5,10,13-17H,2,6-9,11-12H2,1H3,(H,28,29,30). The first-order chi connectivity index (χ1) is 17.7. The fraction of sp³-hybridized carbons (Fsp3) is 0.308. The monoisotopic (exact) mass is 510 g/mol. The van der Waals surface area contributed by atoms with E-state index >= 15 is 0 Å². The second kappa shape index (κ2) is 11.5. The van der Waals surface area contributed by atoms with Gasteiger partial charge in [-0.25, -0.2) is 9.97 Å². The zero-order valence-electron chi connectivity index (χ0n) is 19.9. The molecule has 1 aliphatic rings. The number of benzene rings is 2. The summed E-state index contributed by atoms with van der Waals surface area (Å²) >= 11 is 6.43. The highest BCUT2D eigenvalue weighted by atomic mass is 35.5. The van der Waals surface area contributed by atoms with Crippen LogP contribution in [0.1, 0.15) is 6.42 Å².